The molecule has 0 aliphatic rings. The number of aromatic nitrogens is 2. The van der Waals surface area contributed by atoms with Crippen LogP contribution < -0.4 is 4.74 Å². The molecule has 24 heavy (non-hydrogen) atoms. The molecule has 0 aliphatic heterocycles. The summed E-state index contributed by atoms with van der Waals surface area (Å²) in [5.74, 6) is 0.816. The van der Waals surface area contributed by atoms with Crippen molar-refractivity contribution in [2.24, 2.45) is 0 Å². The van der Waals surface area contributed by atoms with Crippen LogP contribution in [-0.4, -0.2) is 25.2 Å². The van der Waals surface area contributed by atoms with Gasteiger partial charge >= 0.3 is 0 Å². The smallest absolute Gasteiger partial charge is 0.242 e. The van der Waals surface area contributed by atoms with Crippen molar-refractivity contribution >= 4 is 9.84 Å². The minimum absolute atomic E-state index is 0.0581. The summed E-state index contributed by atoms with van der Waals surface area (Å²) in [5, 5.41) is 3.85. The van der Waals surface area contributed by atoms with Crippen molar-refractivity contribution < 1.29 is 17.7 Å². The van der Waals surface area contributed by atoms with Crippen molar-refractivity contribution in [3.8, 4) is 17.1 Å². The number of sulfone groups is 1. The van der Waals surface area contributed by atoms with Gasteiger partial charge in [0.05, 0.1) is 11.5 Å². The fourth-order valence-corrected chi connectivity index (χ4v) is 3.35. The Labute approximate surface area is 140 Å². The van der Waals surface area contributed by atoms with Gasteiger partial charge in [0.2, 0.25) is 11.7 Å². The van der Waals surface area contributed by atoms with E-state index in [0.717, 1.165) is 11.3 Å². The van der Waals surface area contributed by atoms with E-state index in [4.69, 9.17) is 9.26 Å². The summed E-state index contributed by atoms with van der Waals surface area (Å²) in [6, 6.07) is 15.4. The highest BCUT2D eigenvalue weighted by molar-refractivity contribution is 7.90. The summed E-state index contributed by atoms with van der Waals surface area (Å²) in [5.41, 5.74) is 0.727. The minimum Gasteiger partial charge on any atom is -0.494 e. The van der Waals surface area contributed by atoms with E-state index in [-0.39, 0.29) is 16.5 Å². The molecule has 0 saturated carbocycles. The average molecular weight is 344 g/mol. The lowest BCUT2D eigenvalue weighted by Crippen LogP contribution is -2.05. The molecular formula is C17H16N2O4S. The number of rotatable bonds is 6. The Hall–Kier alpha value is -2.67. The summed E-state index contributed by atoms with van der Waals surface area (Å²) in [4.78, 5) is 4.40. The van der Waals surface area contributed by atoms with Gasteiger partial charge < -0.3 is 9.26 Å². The summed E-state index contributed by atoms with van der Waals surface area (Å²) in [7, 11) is -3.51. The predicted octanol–water partition coefficient (Wildman–Crippen LogP) is 3.11. The largest absolute Gasteiger partial charge is 0.494 e. The Morgan fingerprint density at radius 1 is 1.04 bits per heavy atom. The molecule has 0 spiro atoms. The van der Waals surface area contributed by atoms with E-state index in [2.05, 4.69) is 10.1 Å². The highest BCUT2D eigenvalue weighted by atomic mass is 32.2. The highest BCUT2D eigenvalue weighted by Gasteiger charge is 2.20. The fourth-order valence-electron chi connectivity index (χ4n) is 2.17. The standard InChI is InChI=1S/C17H16N2O4S/c1-2-22-14-10-8-13(9-11-14)17-18-16(23-19-17)12-24(20,21)15-6-4-3-5-7-15/h3-11H,2,12H2,1H3. The molecule has 0 fully saturated rings. The van der Waals surface area contributed by atoms with Gasteiger partial charge in [0.15, 0.2) is 9.84 Å². The van der Waals surface area contributed by atoms with Gasteiger partial charge in [0.1, 0.15) is 11.5 Å². The molecule has 124 valence electrons. The third kappa shape index (κ3) is 3.62. The maximum absolute atomic E-state index is 12.3. The van der Waals surface area contributed by atoms with Crippen LogP contribution in [0.4, 0.5) is 0 Å². The molecule has 0 amide bonds. The van der Waals surface area contributed by atoms with Gasteiger partial charge in [-0.25, -0.2) is 8.42 Å². The number of ether oxygens (including phenoxy) is 1. The van der Waals surface area contributed by atoms with Crippen LogP contribution >= 0.6 is 0 Å². The molecule has 0 saturated heterocycles. The molecule has 0 N–H and O–H groups in total. The Morgan fingerprint density at radius 2 is 1.75 bits per heavy atom. The van der Waals surface area contributed by atoms with E-state index in [1.807, 2.05) is 6.92 Å². The minimum atomic E-state index is -3.51. The maximum Gasteiger partial charge on any atom is 0.242 e. The first-order chi connectivity index (χ1) is 11.6. The molecule has 0 aliphatic carbocycles. The summed E-state index contributed by atoms with van der Waals surface area (Å²) >= 11 is 0. The van der Waals surface area contributed by atoms with Gasteiger partial charge in [-0.3, -0.25) is 0 Å². The van der Waals surface area contributed by atoms with E-state index < -0.39 is 9.84 Å². The SMILES string of the molecule is CCOc1ccc(-c2noc(CS(=O)(=O)c3ccccc3)n2)cc1. The van der Waals surface area contributed by atoms with Gasteiger partial charge in [-0.2, -0.15) is 4.98 Å². The predicted molar refractivity (Wildman–Crippen MR) is 88.2 cm³/mol. The van der Waals surface area contributed by atoms with Crippen LogP contribution in [0.5, 0.6) is 5.75 Å². The molecule has 0 atom stereocenters. The molecule has 3 rings (SSSR count). The molecule has 0 bridgehead atoms. The fraction of sp³-hybridized carbons (Fsp3) is 0.176. The zero-order valence-electron chi connectivity index (χ0n) is 13.0. The second-order valence-electron chi connectivity index (χ2n) is 5.04. The van der Waals surface area contributed by atoms with E-state index >= 15 is 0 Å². The topological polar surface area (TPSA) is 82.3 Å². The van der Waals surface area contributed by atoms with E-state index in [0.29, 0.717) is 12.4 Å². The third-order valence-electron chi connectivity index (χ3n) is 3.31. The third-order valence-corrected chi connectivity index (χ3v) is 4.92. The van der Waals surface area contributed by atoms with Crippen LogP contribution in [0.1, 0.15) is 12.8 Å². The molecule has 2 aromatic carbocycles. The van der Waals surface area contributed by atoms with Crippen molar-refractivity contribution in [1.82, 2.24) is 10.1 Å². The van der Waals surface area contributed by atoms with E-state index in [1.165, 1.54) is 0 Å². The lowest BCUT2D eigenvalue weighted by Gasteiger charge is -2.02. The Balaban J connectivity index is 1.78. The second-order valence-corrected chi connectivity index (χ2v) is 7.03. The summed E-state index contributed by atoms with van der Waals surface area (Å²) in [6.07, 6.45) is 0. The summed E-state index contributed by atoms with van der Waals surface area (Å²) in [6.45, 7) is 2.50. The van der Waals surface area contributed by atoms with Gasteiger partial charge in [-0.15, -0.1) is 0 Å². The maximum atomic E-state index is 12.3. The zero-order chi connectivity index (χ0) is 17.0. The number of benzene rings is 2. The van der Waals surface area contributed by atoms with Crippen LogP contribution in [0.15, 0.2) is 64.0 Å². The molecule has 0 radical (unpaired) electrons. The van der Waals surface area contributed by atoms with Crippen molar-refractivity contribution in [2.45, 2.75) is 17.6 Å². The van der Waals surface area contributed by atoms with Crippen LogP contribution in [0.2, 0.25) is 0 Å². The first-order valence-electron chi connectivity index (χ1n) is 7.42. The molecule has 0 unspecified atom stereocenters. The monoisotopic (exact) mass is 344 g/mol. The van der Waals surface area contributed by atoms with Crippen molar-refractivity contribution in [3.05, 3.63) is 60.5 Å². The number of nitrogens with zero attached hydrogens (tertiary/aromatic N) is 2. The van der Waals surface area contributed by atoms with Gasteiger partial charge in [0, 0.05) is 5.56 Å². The lowest BCUT2D eigenvalue weighted by atomic mass is 10.2. The van der Waals surface area contributed by atoms with Crippen LogP contribution in [0, 0.1) is 0 Å². The zero-order valence-corrected chi connectivity index (χ0v) is 13.9. The summed E-state index contributed by atoms with van der Waals surface area (Å²) < 4.78 is 35.1. The van der Waals surface area contributed by atoms with Crippen molar-refractivity contribution in [2.75, 3.05) is 6.61 Å². The Kier molecular flexibility index (Phi) is 4.61. The molecule has 6 nitrogen and oxygen atoms in total. The average Bonchev–Trinajstić information content (AvgIpc) is 3.04. The molecule has 1 aromatic heterocycles. The van der Waals surface area contributed by atoms with Gasteiger partial charge in [0.25, 0.3) is 0 Å². The van der Waals surface area contributed by atoms with E-state index in [9.17, 15) is 8.42 Å². The second kappa shape index (κ2) is 6.84. The van der Waals surface area contributed by atoms with E-state index in [1.54, 1.807) is 54.6 Å². The molecule has 1 heterocycles. The molecule has 7 heteroatoms. The quantitative estimate of drug-likeness (QED) is 0.683. The van der Waals surface area contributed by atoms with Crippen molar-refractivity contribution in [3.63, 3.8) is 0 Å². The number of hydrogen-bond donors (Lipinski definition) is 0. The lowest BCUT2D eigenvalue weighted by molar-refractivity contribution is 0.340. The Morgan fingerprint density at radius 3 is 2.42 bits per heavy atom. The first kappa shape index (κ1) is 16.2. The first-order valence-corrected chi connectivity index (χ1v) is 9.07. The Bertz CT molecular complexity index is 903. The van der Waals surface area contributed by atoms with Crippen LogP contribution in [0.3, 0.4) is 0 Å². The molecular weight excluding hydrogens is 328 g/mol. The van der Waals surface area contributed by atoms with Gasteiger partial charge in [-0.05, 0) is 43.3 Å². The molecule has 3 aromatic rings. The number of hydrogen-bond acceptors (Lipinski definition) is 6. The van der Waals surface area contributed by atoms with Crippen molar-refractivity contribution in [1.29, 1.82) is 0 Å². The highest BCUT2D eigenvalue weighted by Crippen LogP contribution is 2.21. The van der Waals surface area contributed by atoms with Crippen LogP contribution in [0.25, 0.3) is 11.4 Å². The van der Waals surface area contributed by atoms with Crippen LogP contribution in [-0.2, 0) is 15.6 Å². The normalized spacial score (nSPS) is 11.4. The van der Waals surface area contributed by atoms with Gasteiger partial charge in [-0.1, -0.05) is 23.4 Å².